The average molecular weight is 244 g/mol. The van der Waals surface area contributed by atoms with Gasteiger partial charge >= 0.3 is 0 Å². The number of nitrogens with zero attached hydrogens (tertiary/aromatic N) is 1. The van der Waals surface area contributed by atoms with Crippen molar-refractivity contribution in [1.29, 1.82) is 0 Å². The van der Waals surface area contributed by atoms with Gasteiger partial charge in [-0.05, 0) is 13.8 Å². The third-order valence-electron chi connectivity index (χ3n) is 1.47. The summed E-state index contributed by atoms with van der Waals surface area (Å²) < 4.78 is 0. The number of carbonyl (C=O) groups is 1. The van der Waals surface area contributed by atoms with E-state index < -0.39 is 23.0 Å². The zero-order chi connectivity index (χ0) is 11.3. The van der Waals surface area contributed by atoms with E-state index in [2.05, 4.69) is 0 Å². The molecule has 2 atom stereocenters. The predicted molar refractivity (Wildman–Crippen MR) is 55.4 cm³/mol. The lowest BCUT2D eigenvalue weighted by molar-refractivity contribution is -0.132. The molecule has 14 heavy (non-hydrogen) atoms. The molecule has 0 rings (SSSR count). The molecule has 0 aliphatic rings. The van der Waals surface area contributed by atoms with Crippen LogP contribution in [-0.4, -0.2) is 51.2 Å². The van der Waals surface area contributed by atoms with Gasteiger partial charge in [0.15, 0.2) is 4.84 Å². The SMILES string of the molecule is CC(O)CN(CC(C)O)C(=O)C(Cl)Cl. The van der Waals surface area contributed by atoms with E-state index in [0.29, 0.717) is 0 Å². The molecule has 0 saturated heterocycles. The van der Waals surface area contributed by atoms with E-state index in [4.69, 9.17) is 33.4 Å². The highest BCUT2D eigenvalue weighted by molar-refractivity contribution is 6.53. The maximum Gasteiger partial charge on any atom is 0.256 e. The number of hydrogen-bond donors (Lipinski definition) is 2. The number of amides is 1. The molecule has 0 fully saturated rings. The van der Waals surface area contributed by atoms with Crippen LogP contribution in [0.15, 0.2) is 0 Å². The lowest BCUT2D eigenvalue weighted by Gasteiger charge is -2.25. The van der Waals surface area contributed by atoms with Crippen LogP contribution >= 0.6 is 23.2 Å². The Morgan fingerprint density at radius 3 is 1.79 bits per heavy atom. The van der Waals surface area contributed by atoms with Gasteiger partial charge in [-0.2, -0.15) is 0 Å². The molecule has 84 valence electrons. The van der Waals surface area contributed by atoms with E-state index >= 15 is 0 Å². The third kappa shape index (κ3) is 5.65. The Morgan fingerprint density at radius 1 is 1.21 bits per heavy atom. The highest BCUT2D eigenvalue weighted by Gasteiger charge is 2.22. The van der Waals surface area contributed by atoms with Gasteiger partial charge in [0.05, 0.1) is 12.2 Å². The average Bonchev–Trinajstić information content (AvgIpc) is 1.99. The molecule has 0 saturated carbocycles. The second kappa shape index (κ2) is 6.45. The molecule has 0 aliphatic heterocycles. The summed E-state index contributed by atoms with van der Waals surface area (Å²) in [5.74, 6) is -0.505. The first-order valence-electron chi connectivity index (χ1n) is 4.27. The highest BCUT2D eigenvalue weighted by atomic mass is 35.5. The lowest BCUT2D eigenvalue weighted by Crippen LogP contribution is -2.43. The van der Waals surface area contributed by atoms with Gasteiger partial charge in [0, 0.05) is 13.1 Å². The van der Waals surface area contributed by atoms with Crippen LogP contribution in [0.2, 0.25) is 0 Å². The van der Waals surface area contributed by atoms with Crippen LogP contribution in [0.4, 0.5) is 0 Å². The van der Waals surface area contributed by atoms with Crippen LogP contribution in [-0.2, 0) is 4.79 Å². The summed E-state index contributed by atoms with van der Waals surface area (Å²) in [5.41, 5.74) is 0. The number of alkyl halides is 2. The van der Waals surface area contributed by atoms with Crippen molar-refractivity contribution in [1.82, 2.24) is 4.90 Å². The van der Waals surface area contributed by atoms with Gasteiger partial charge in [0.1, 0.15) is 0 Å². The molecule has 0 bridgehead atoms. The van der Waals surface area contributed by atoms with Crippen molar-refractivity contribution in [2.45, 2.75) is 30.9 Å². The van der Waals surface area contributed by atoms with Gasteiger partial charge in [-0.15, -0.1) is 0 Å². The largest absolute Gasteiger partial charge is 0.392 e. The van der Waals surface area contributed by atoms with Crippen LogP contribution < -0.4 is 0 Å². The molecule has 1 amide bonds. The monoisotopic (exact) mass is 243 g/mol. The smallest absolute Gasteiger partial charge is 0.256 e. The number of aliphatic hydroxyl groups is 2. The van der Waals surface area contributed by atoms with Crippen molar-refractivity contribution in [3.05, 3.63) is 0 Å². The van der Waals surface area contributed by atoms with E-state index in [1.807, 2.05) is 0 Å². The Labute approximate surface area is 93.4 Å². The van der Waals surface area contributed by atoms with Gasteiger partial charge < -0.3 is 15.1 Å². The van der Waals surface area contributed by atoms with E-state index in [0.717, 1.165) is 0 Å². The van der Waals surface area contributed by atoms with E-state index in [-0.39, 0.29) is 13.1 Å². The van der Waals surface area contributed by atoms with Gasteiger partial charge in [0.25, 0.3) is 5.91 Å². The van der Waals surface area contributed by atoms with Crippen molar-refractivity contribution in [2.75, 3.05) is 13.1 Å². The maximum absolute atomic E-state index is 11.4. The summed E-state index contributed by atoms with van der Waals surface area (Å²) in [4.78, 5) is 11.4. The summed E-state index contributed by atoms with van der Waals surface area (Å²) in [6, 6.07) is 0. The summed E-state index contributed by atoms with van der Waals surface area (Å²) in [5, 5.41) is 18.2. The molecule has 0 aliphatic carbocycles. The van der Waals surface area contributed by atoms with E-state index in [1.165, 1.54) is 4.90 Å². The first-order chi connectivity index (χ1) is 6.34. The van der Waals surface area contributed by atoms with Crippen molar-refractivity contribution < 1.29 is 15.0 Å². The molecular weight excluding hydrogens is 229 g/mol. The molecule has 0 spiro atoms. The number of carbonyl (C=O) groups excluding carboxylic acids is 1. The summed E-state index contributed by atoms with van der Waals surface area (Å²) >= 11 is 10.8. The first kappa shape index (κ1) is 14.0. The summed E-state index contributed by atoms with van der Waals surface area (Å²) in [6.45, 7) is 3.30. The topological polar surface area (TPSA) is 60.8 Å². The van der Waals surface area contributed by atoms with Crippen molar-refractivity contribution in [3.8, 4) is 0 Å². The van der Waals surface area contributed by atoms with Gasteiger partial charge in [-0.1, -0.05) is 23.2 Å². The Bertz CT molecular complexity index is 175. The van der Waals surface area contributed by atoms with Gasteiger partial charge in [-0.25, -0.2) is 0 Å². The quantitative estimate of drug-likeness (QED) is 0.687. The predicted octanol–water partition coefficient (Wildman–Crippen LogP) is 0.380. The minimum atomic E-state index is -1.16. The zero-order valence-corrected chi connectivity index (χ0v) is 9.66. The fourth-order valence-corrected chi connectivity index (χ4v) is 1.31. The minimum Gasteiger partial charge on any atom is -0.392 e. The van der Waals surface area contributed by atoms with Crippen LogP contribution in [0.1, 0.15) is 13.8 Å². The highest BCUT2D eigenvalue weighted by Crippen LogP contribution is 2.08. The standard InChI is InChI=1S/C8H15Cl2NO3/c1-5(12)3-11(4-6(2)13)8(14)7(9)10/h5-7,12-13H,3-4H2,1-2H3. The fraction of sp³-hybridized carbons (Fsp3) is 0.875. The van der Waals surface area contributed by atoms with Crippen molar-refractivity contribution in [3.63, 3.8) is 0 Å². The maximum atomic E-state index is 11.4. The van der Waals surface area contributed by atoms with Crippen LogP contribution in [0.5, 0.6) is 0 Å². The van der Waals surface area contributed by atoms with E-state index in [9.17, 15) is 4.79 Å². The molecule has 0 heterocycles. The zero-order valence-electron chi connectivity index (χ0n) is 8.15. The van der Waals surface area contributed by atoms with Crippen LogP contribution in [0.25, 0.3) is 0 Å². The van der Waals surface area contributed by atoms with Crippen LogP contribution in [0.3, 0.4) is 0 Å². The molecule has 2 N–H and O–H groups in total. The second-order valence-electron chi connectivity index (χ2n) is 3.24. The molecule has 6 heteroatoms. The lowest BCUT2D eigenvalue weighted by atomic mass is 10.3. The summed E-state index contributed by atoms with van der Waals surface area (Å²) in [6.07, 6.45) is -1.35. The molecule has 0 radical (unpaired) electrons. The van der Waals surface area contributed by atoms with Crippen molar-refractivity contribution in [2.24, 2.45) is 0 Å². The Hall–Kier alpha value is -0.0300. The molecule has 2 unspecified atom stereocenters. The van der Waals surface area contributed by atoms with E-state index in [1.54, 1.807) is 13.8 Å². The fourth-order valence-electron chi connectivity index (χ4n) is 1.03. The Morgan fingerprint density at radius 2 is 1.57 bits per heavy atom. The third-order valence-corrected chi connectivity index (χ3v) is 1.84. The van der Waals surface area contributed by atoms with Crippen molar-refractivity contribution >= 4 is 29.1 Å². The molecule has 4 nitrogen and oxygen atoms in total. The minimum absolute atomic E-state index is 0.111. The first-order valence-corrected chi connectivity index (χ1v) is 5.15. The number of hydrogen-bond acceptors (Lipinski definition) is 3. The number of rotatable bonds is 5. The Balaban J connectivity index is 4.31. The summed E-state index contributed by atoms with van der Waals surface area (Å²) in [7, 11) is 0. The number of halogens is 2. The van der Waals surface area contributed by atoms with Gasteiger partial charge in [0.2, 0.25) is 0 Å². The number of aliphatic hydroxyl groups excluding tert-OH is 2. The Kier molecular flexibility index (Phi) is 6.44. The normalized spacial score (nSPS) is 15.4. The molecular formula is C8H15Cl2NO3. The molecule has 0 aromatic heterocycles. The second-order valence-corrected chi connectivity index (χ2v) is 4.34. The van der Waals surface area contributed by atoms with Crippen LogP contribution in [0, 0.1) is 0 Å². The molecule has 0 aromatic carbocycles. The van der Waals surface area contributed by atoms with Gasteiger partial charge in [-0.3, -0.25) is 4.79 Å². The molecule has 0 aromatic rings.